The van der Waals surface area contributed by atoms with Gasteiger partial charge >= 0.3 is 6.03 Å². The van der Waals surface area contributed by atoms with E-state index in [2.05, 4.69) is 17.0 Å². The third kappa shape index (κ3) is 3.05. The smallest absolute Gasteiger partial charge is 0.319 e. The maximum Gasteiger partial charge on any atom is 0.319 e. The molecule has 0 saturated carbocycles. The van der Waals surface area contributed by atoms with Gasteiger partial charge in [0.25, 0.3) is 0 Å². The molecule has 2 fully saturated rings. The van der Waals surface area contributed by atoms with Crippen LogP contribution in [0.25, 0.3) is 0 Å². The van der Waals surface area contributed by atoms with Crippen molar-refractivity contribution < 1.29 is 9.59 Å². The summed E-state index contributed by atoms with van der Waals surface area (Å²) in [6.07, 6.45) is 3.31. The van der Waals surface area contributed by atoms with Crippen LogP contribution in [0.1, 0.15) is 31.2 Å². The van der Waals surface area contributed by atoms with Crippen LogP contribution in [0.4, 0.5) is 4.79 Å². The molecule has 2 aliphatic heterocycles. The van der Waals surface area contributed by atoms with Crippen molar-refractivity contribution in [3.8, 4) is 0 Å². The summed E-state index contributed by atoms with van der Waals surface area (Å²) in [6.45, 7) is 2.15. The first-order valence-electron chi connectivity index (χ1n) is 8.32. The van der Waals surface area contributed by atoms with E-state index in [-0.39, 0.29) is 17.5 Å². The van der Waals surface area contributed by atoms with E-state index in [9.17, 15) is 9.59 Å². The summed E-state index contributed by atoms with van der Waals surface area (Å²) >= 11 is 0. The molecule has 0 atom stereocenters. The van der Waals surface area contributed by atoms with Crippen molar-refractivity contribution in [1.82, 2.24) is 14.7 Å². The third-order valence-corrected chi connectivity index (χ3v) is 5.21. The van der Waals surface area contributed by atoms with Crippen LogP contribution >= 0.6 is 0 Å². The molecule has 0 bridgehead atoms. The standard InChI is InChI=1S/C18H25N3O2/c1-19(2)17(23)20-12-10-18(11-13-20)9-8-16(22)21(18)14-15-6-4-3-5-7-15/h3-7H,8-14H2,1-2H3. The number of carbonyl (C=O) groups excluding carboxylic acids is 2. The SMILES string of the molecule is CN(C)C(=O)N1CCC2(CCC(=O)N2Cc2ccccc2)CC1. The molecule has 2 aliphatic rings. The summed E-state index contributed by atoms with van der Waals surface area (Å²) < 4.78 is 0. The number of nitrogens with zero attached hydrogens (tertiary/aromatic N) is 3. The minimum Gasteiger partial charge on any atom is -0.333 e. The lowest BCUT2D eigenvalue weighted by atomic mass is 9.85. The van der Waals surface area contributed by atoms with Crippen LogP contribution in [-0.2, 0) is 11.3 Å². The monoisotopic (exact) mass is 315 g/mol. The molecule has 1 spiro atoms. The first kappa shape index (κ1) is 15.8. The van der Waals surface area contributed by atoms with E-state index in [0.717, 1.165) is 32.4 Å². The summed E-state index contributed by atoms with van der Waals surface area (Å²) in [7, 11) is 3.57. The van der Waals surface area contributed by atoms with Crippen LogP contribution in [0.3, 0.4) is 0 Å². The minimum absolute atomic E-state index is 0.0595. The van der Waals surface area contributed by atoms with Crippen molar-refractivity contribution in [3.05, 3.63) is 35.9 Å². The summed E-state index contributed by atoms with van der Waals surface area (Å²) in [6, 6.07) is 10.2. The highest BCUT2D eigenvalue weighted by Gasteiger charge is 2.47. The van der Waals surface area contributed by atoms with Gasteiger partial charge in [-0.2, -0.15) is 0 Å². The molecule has 5 nitrogen and oxygen atoms in total. The Labute approximate surface area is 137 Å². The molecule has 0 aliphatic carbocycles. The molecule has 3 rings (SSSR count). The fourth-order valence-corrected chi connectivity index (χ4v) is 3.81. The van der Waals surface area contributed by atoms with Crippen LogP contribution in [0, 0.1) is 0 Å². The Morgan fingerprint density at radius 1 is 1.13 bits per heavy atom. The number of rotatable bonds is 2. The molecule has 1 aromatic carbocycles. The van der Waals surface area contributed by atoms with Gasteiger partial charge in [0.15, 0.2) is 0 Å². The molecule has 2 heterocycles. The first-order chi connectivity index (χ1) is 11.0. The van der Waals surface area contributed by atoms with Gasteiger partial charge in [-0.3, -0.25) is 4.79 Å². The zero-order valence-corrected chi connectivity index (χ0v) is 14.0. The summed E-state index contributed by atoms with van der Waals surface area (Å²) in [5.41, 5.74) is 1.12. The van der Waals surface area contributed by atoms with E-state index < -0.39 is 0 Å². The molecule has 5 heteroatoms. The van der Waals surface area contributed by atoms with Crippen molar-refractivity contribution in [1.29, 1.82) is 0 Å². The molecule has 3 amide bonds. The number of hydrogen-bond donors (Lipinski definition) is 0. The number of carbonyl (C=O) groups is 2. The van der Waals surface area contributed by atoms with E-state index in [0.29, 0.717) is 13.0 Å². The fraction of sp³-hybridized carbons (Fsp3) is 0.556. The fourth-order valence-electron chi connectivity index (χ4n) is 3.81. The molecule has 1 aromatic rings. The van der Waals surface area contributed by atoms with Gasteiger partial charge in [0.2, 0.25) is 5.91 Å². The van der Waals surface area contributed by atoms with Gasteiger partial charge in [0, 0.05) is 45.7 Å². The largest absolute Gasteiger partial charge is 0.333 e. The van der Waals surface area contributed by atoms with E-state index in [1.165, 1.54) is 5.56 Å². The second-order valence-electron chi connectivity index (χ2n) is 6.85. The highest BCUT2D eigenvalue weighted by molar-refractivity contribution is 5.80. The van der Waals surface area contributed by atoms with Crippen LogP contribution in [0.15, 0.2) is 30.3 Å². The lowest BCUT2D eigenvalue weighted by Gasteiger charge is -2.45. The van der Waals surface area contributed by atoms with Gasteiger partial charge in [-0.25, -0.2) is 4.79 Å². The maximum absolute atomic E-state index is 12.4. The lowest BCUT2D eigenvalue weighted by Crippen LogP contribution is -2.55. The van der Waals surface area contributed by atoms with E-state index >= 15 is 0 Å². The van der Waals surface area contributed by atoms with Crippen molar-refractivity contribution in [2.45, 2.75) is 37.8 Å². The molecule has 0 N–H and O–H groups in total. The highest BCUT2D eigenvalue weighted by Crippen LogP contribution is 2.40. The Morgan fingerprint density at radius 2 is 1.78 bits per heavy atom. The van der Waals surface area contributed by atoms with E-state index in [1.807, 2.05) is 23.1 Å². The summed E-state index contributed by atoms with van der Waals surface area (Å²) in [5, 5.41) is 0. The predicted octanol–water partition coefficient (Wildman–Crippen LogP) is 2.33. The third-order valence-electron chi connectivity index (χ3n) is 5.21. The summed E-state index contributed by atoms with van der Waals surface area (Å²) in [5.74, 6) is 0.251. The Balaban J connectivity index is 1.71. The Kier molecular flexibility index (Phi) is 4.28. The van der Waals surface area contributed by atoms with Crippen molar-refractivity contribution in [2.24, 2.45) is 0 Å². The molecular weight excluding hydrogens is 290 g/mol. The normalized spacial score (nSPS) is 20.2. The Morgan fingerprint density at radius 3 is 2.39 bits per heavy atom. The number of amides is 3. The minimum atomic E-state index is -0.0595. The van der Waals surface area contributed by atoms with Gasteiger partial charge in [-0.1, -0.05) is 30.3 Å². The summed E-state index contributed by atoms with van der Waals surface area (Å²) in [4.78, 5) is 30.1. The topological polar surface area (TPSA) is 43.9 Å². The first-order valence-corrected chi connectivity index (χ1v) is 8.32. The average molecular weight is 315 g/mol. The number of urea groups is 1. The quantitative estimate of drug-likeness (QED) is 0.841. The van der Waals surface area contributed by atoms with Crippen LogP contribution in [0.5, 0.6) is 0 Å². The van der Waals surface area contributed by atoms with Crippen molar-refractivity contribution >= 4 is 11.9 Å². The average Bonchev–Trinajstić information content (AvgIpc) is 2.85. The van der Waals surface area contributed by atoms with Gasteiger partial charge in [-0.05, 0) is 24.8 Å². The van der Waals surface area contributed by atoms with Crippen LogP contribution in [0.2, 0.25) is 0 Å². The Hall–Kier alpha value is -2.04. The molecule has 0 aromatic heterocycles. The number of hydrogen-bond acceptors (Lipinski definition) is 2. The second kappa shape index (κ2) is 6.22. The van der Waals surface area contributed by atoms with Gasteiger partial charge in [0.05, 0.1) is 0 Å². The molecule has 2 saturated heterocycles. The second-order valence-corrected chi connectivity index (χ2v) is 6.85. The Bertz CT molecular complexity index is 577. The number of piperidine rings is 1. The highest BCUT2D eigenvalue weighted by atomic mass is 16.2. The lowest BCUT2D eigenvalue weighted by molar-refractivity contribution is -0.133. The van der Waals surface area contributed by atoms with Gasteiger partial charge in [0.1, 0.15) is 0 Å². The van der Waals surface area contributed by atoms with E-state index in [4.69, 9.17) is 0 Å². The van der Waals surface area contributed by atoms with Gasteiger partial charge < -0.3 is 14.7 Å². The number of likely N-dealkylation sites (tertiary alicyclic amines) is 2. The zero-order valence-electron chi connectivity index (χ0n) is 14.0. The molecular formula is C18H25N3O2. The molecule has 0 radical (unpaired) electrons. The van der Waals surface area contributed by atoms with Crippen molar-refractivity contribution in [2.75, 3.05) is 27.2 Å². The van der Waals surface area contributed by atoms with Crippen LogP contribution in [-0.4, -0.2) is 59.4 Å². The molecule has 0 unspecified atom stereocenters. The van der Waals surface area contributed by atoms with E-state index in [1.54, 1.807) is 19.0 Å². The van der Waals surface area contributed by atoms with Crippen molar-refractivity contribution in [3.63, 3.8) is 0 Å². The number of benzene rings is 1. The zero-order chi connectivity index (χ0) is 16.4. The molecule has 23 heavy (non-hydrogen) atoms. The predicted molar refractivity (Wildman–Crippen MR) is 88.8 cm³/mol. The molecule has 124 valence electrons. The maximum atomic E-state index is 12.4. The van der Waals surface area contributed by atoms with Gasteiger partial charge in [-0.15, -0.1) is 0 Å². The van der Waals surface area contributed by atoms with Crippen LogP contribution < -0.4 is 0 Å².